The summed E-state index contributed by atoms with van der Waals surface area (Å²) in [5, 5.41) is 0. The molecule has 1 unspecified atom stereocenters. The minimum atomic E-state index is -0.769. The van der Waals surface area contributed by atoms with E-state index in [1.165, 1.54) is 347 Å². The Bertz CT molecular complexity index is 1300. The van der Waals surface area contributed by atoms with Crippen molar-refractivity contribution in [1.29, 1.82) is 0 Å². The average Bonchev–Trinajstić information content (AvgIpc) is 3.49. The summed E-state index contributed by atoms with van der Waals surface area (Å²) < 4.78 is 17.1. The van der Waals surface area contributed by atoms with E-state index in [1.54, 1.807) is 0 Å². The van der Waals surface area contributed by atoms with Gasteiger partial charge in [0.2, 0.25) is 0 Å². The Kier molecular flexibility index (Phi) is 71.0. The Hall–Kier alpha value is -1.85. The van der Waals surface area contributed by atoms with Crippen LogP contribution in [0.4, 0.5) is 0 Å². The van der Waals surface area contributed by atoms with Gasteiger partial charge >= 0.3 is 17.9 Å². The van der Waals surface area contributed by atoms with Gasteiger partial charge in [-0.3, -0.25) is 14.4 Å². The van der Waals surface area contributed by atoms with E-state index in [9.17, 15) is 14.4 Å². The van der Waals surface area contributed by atoms with Gasteiger partial charge in [0.25, 0.3) is 0 Å². The summed E-state index contributed by atoms with van der Waals surface area (Å²) in [6.07, 6.45) is 88.3. The van der Waals surface area contributed by atoms with Crippen LogP contribution in [-0.4, -0.2) is 37.2 Å². The maximum Gasteiger partial charge on any atom is 0.306 e. The average molecular weight is 1170 g/mol. The molecule has 6 heteroatoms. The van der Waals surface area contributed by atoms with E-state index in [0.29, 0.717) is 19.3 Å². The number of carbonyl (C=O) groups is 3. The van der Waals surface area contributed by atoms with E-state index >= 15 is 0 Å². The molecule has 0 radical (unpaired) electrons. The van der Waals surface area contributed by atoms with Gasteiger partial charge in [-0.25, -0.2) is 0 Å². The van der Waals surface area contributed by atoms with Crippen molar-refractivity contribution in [2.45, 2.75) is 451 Å². The number of rotatable bonds is 72. The highest BCUT2D eigenvalue weighted by molar-refractivity contribution is 5.71. The molecule has 6 nitrogen and oxygen atoms in total. The third-order valence-electron chi connectivity index (χ3n) is 17.8. The topological polar surface area (TPSA) is 78.9 Å². The van der Waals surface area contributed by atoms with Gasteiger partial charge in [-0.2, -0.15) is 0 Å². The fourth-order valence-corrected chi connectivity index (χ4v) is 12.0. The lowest BCUT2D eigenvalue weighted by molar-refractivity contribution is -0.167. The summed E-state index contributed by atoms with van der Waals surface area (Å²) in [5.74, 6) is -0.823. The maximum atomic E-state index is 13.0. The van der Waals surface area contributed by atoms with Crippen LogP contribution in [0.15, 0.2) is 12.2 Å². The van der Waals surface area contributed by atoms with E-state index in [0.717, 1.165) is 57.8 Å². The minimum Gasteiger partial charge on any atom is -0.462 e. The van der Waals surface area contributed by atoms with Crippen LogP contribution in [0.25, 0.3) is 0 Å². The highest BCUT2D eigenvalue weighted by Crippen LogP contribution is 2.20. The van der Waals surface area contributed by atoms with Crippen LogP contribution in [0.2, 0.25) is 0 Å². The van der Waals surface area contributed by atoms with Gasteiger partial charge < -0.3 is 14.2 Å². The molecule has 0 aliphatic rings. The summed E-state index contributed by atoms with van der Waals surface area (Å²) in [5.41, 5.74) is 0. The molecule has 0 rings (SSSR count). The molecule has 0 saturated heterocycles. The van der Waals surface area contributed by atoms with Gasteiger partial charge in [0.15, 0.2) is 6.10 Å². The Morgan fingerprint density at radius 2 is 0.398 bits per heavy atom. The van der Waals surface area contributed by atoms with Gasteiger partial charge in [0.05, 0.1) is 0 Å². The molecule has 0 saturated carbocycles. The van der Waals surface area contributed by atoms with E-state index < -0.39 is 6.10 Å². The molecule has 0 bridgehead atoms. The van der Waals surface area contributed by atoms with Crippen LogP contribution in [-0.2, 0) is 28.6 Å². The molecule has 0 N–H and O–H groups in total. The van der Waals surface area contributed by atoms with Crippen molar-refractivity contribution in [2.75, 3.05) is 13.2 Å². The summed E-state index contributed by atoms with van der Waals surface area (Å²) >= 11 is 0. The fourth-order valence-electron chi connectivity index (χ4n) is 12.0. The Balaban J connectivity index is 4.27. The van der Waals surface area contributed by atoms with Crippen molar-refractivity contribution in [3.63, 3.8) is 0 Å². The first-order valence-corrected chi connectivity index (χ1v) is 38.2. The summed E-state index contributed by atoms with van der Waals surface area (Å²) in [4.78, 5) is 38.6. The Labute approximate surface area is 520 Å². The maximum absolute atomic E-state index is 13.0. The standard InChI is InChI=1S/C77H148O6/c1-4-7-10-13-16-19-22-25-28-31-34-37-38-39-41-43-46-49-52-55-58-61-64-67-70-76(79)82-73-74(72-81-75(78)69-66-63-60-57-54-51-48-45-42-36-33-30-27-24-21-18-15-12-9-6-3)83-77(80)71-68-65-62-59-56-53-50-47-44-40-35-32-29-26-23-20-17-14-11-8-5-2/h32,35,74H,4-31,33-34,36-73H2,1-3H3/b35-32-. The smallest absolute Gasteiger partial charge is 0.306 e. The molecule has 0 aliphatic heterocycles. The van der Waals surface area contributed by atoms with Crippen molar-refractivity contribution < 1.29 is 28.6 Å². The van der Waals surface area contributed by atoms with Crippen molar-refractivity contribution in [3.8, 4) is 0 Å². The van der Waals surface area contributed by atoms with E-state index in [-0.39, 0.29) is 31.1 Å². The predicted molar refractivity (Wildman–Crippen MR) is 363 cm³/mol. The van der Waals surface area contributed by atoms with E-state index in [2.05, 4.69) is 32.9 Å². The molecule has 0 heterocycles. The molecule has 83 heavy (non-hydrogen) atoms. The SMILES string of the molecule is CCCCCCCCCC/C=C\CCCCCCCCCCCC(=O)OC(COC(=O)CCCCCCCCCCCCCCCCCCCCCC)COC(=O)CCCCCCCCCCCCCCCCCCCCCCCCCC. The number of carbonyl (C=O) groups excluding carboxylic acids is 3. The first-order valence-electron chi connectivity index (χ1n) is 38.2. The number of hydrogen-bond donors (Lipinski definition) is 0. The second kappa shape index (κ2) is 72.6. The molecular weight excluding hydrogens is 1020 g/mol. The number of allylic oxidation sites excluding steroid dienone is 2. The lowest BCUT2D eigenvalue weighted by Gasteiger charge is -2.18. The minimum absolute atomic E-state index is 0.0633. The first-order chi connectivity index (χ1) is 41.0. The molecule has 0 spiro atoms. The molecule has 0 aromatic rings. The summed E-state index contributed by atoms with van der Waals surface area (Å²) in [6, 6.07) is 0. The van der Waals surface area contributed by atoms with Crippen LogP contribution < -0.4 is 0 Å². The number of ether oxygens (including phenoxy) is 3. The molecule has 0 amide bonds. The van der Waals surface area contributed by atoms with Gasteiger partial charge in [0, 0.05) is 19.3 Å². The van der Waals surface area contributed by atoms with Gasteiger partial charge in [-0.15, -0.1) is 0 Å². The lowest BCUT2D eigenvalue weighted by atomic mass is 10.0. The fraction of sp³-hybridized carbons (Fsp3) is 0.935. The third-order valence-corrected chi connectivity index (χ3v) is 17.8. The van der Waals surface area contributed by atoms with Gasteiger partial charge in [-0.05, 0) is 44.9 Å². The van der Waals surface area contributed by atoms with Crippen molar-refractivity contribution in [1.82, 2.24) is 0 Å². The normalized spacial score (nSPS) is 12.0. The molecule has 0 aliphatic carbocycles. The van der Waals surface area contributed by atoms with Crippen molar-refractivity contribution in [2.24, 2.45) is 0 Å². The van der Waals surface area contributed by atoms with E-state index in [1.807, 2.05) is 0 Å². The largest absolute Gasteiger partial charge is 0.462 e. The van der Waals surface area contributed by atoms with E-state index in [4.69, 9.17) is 14.2 Å². The predicted octanol–water partition coefficient (Wildman–Crippen LogP) is 26.3. The second-order valence-electron chi connectivity index (χ2n) is 26.3. The zero-order valence-electron chi connectivity index (χ0n) is 56.8. The highest BCUT2D eigenvalue weighted by atomic mass is 16.6. The monoisotopic (exact) mass is 1170 g/mol. The molecule has 0 aromatic carbocycles. The zero-order chi connectivity index (χ0) is 59.9. The second-order valence-corrected chi connectivity index (χ2v) is 26.3. The number of unbranched alkanes of at least 4 members (excludes halogenated alkanes) is 59. The van der Waals surface area contributed by atoms with Crippen LogP contribution in [0.5, 0.6) is 0 Å². The van der Waals surface area contributed by atoms with Gasteiger partial charge in [0.1, 0.15) is 13.2 Å². The molecule has 1 atom stereocenters. The number of hydrogen-bond acceptors (Lipinski definition) is 6. The molecular formula is C77H148O6. The van der Waals surface area contributed by atoms with Crippen molar-refractivity contribution in [3.05, 3.63) is 12.2 Å². The molecule has 492 valence electrons. The molecule has 0 fully saturated rings. The quantitative estimate of drug-likeness (QED) is 0.0261. The third kappa shape index (κ3) is 70.8. The van der Waals surface area contributed by atoms with Crippen LogP contribution in [0.1, 0.15) is 445 Å². The first kappa shape index (κ1) is 81.2. The van der Waals surface area contributed by atoms with Gasteiger partial charge in [-0.1, -0.05) is 392 Å². The van der Waals surface area contributed by atoms with Crippen LogP contribution in [0, 0.1) is 0 Å². The molecule has 0 aromatic heterocycles. The zero-order valence-corrected chi connectivity index (χ0v) is 56.8. The summed E-state index contributed by atoms with van der Waals surface area (Å²) in [6.45, 7) is 6.75. The van der Waals surface area contributed by atoms with Crippen LogP contribution in [0.3, 0.4) is 0 Å². The summed E-state index contributed by atoms with van der Waals surface area (Å²) in [7, 11) is 0. The Morgan fingerprint density at radius 3 is 0.602 bits per heavy atom. The lowest BCUT2D eigenvalue weighted by Crippen LogP contribution is -2.30. The Morgan fingerprint density at radius 1 is 0.229 bits per heavy atom. The number of esters is 3. The highest BCUT2D eigenvalue weighted by Gasteiger charge is 2.20. The van der Waals surface area contributed by atoms with Crippen molar-refractivity contribution >= 4 is 17.9 Å². The van der Waals surface area contributed by atoms with Crippen LogP contribution >= 0.6 is 0 Å².